The average molecular weight is 390 g/mol. The van der Waals surface area contributed by atoms with Gasteiger partial charge in [-0.2, -0.15) is 0 Å². The van der Waals surface area contributed by atoms with E-state index in [2.05, 4.69) is 48.5 Å². The van der Waals surface area contributed by atoms with E-state index in [1.165, 1.54) is 56.9 Å². The fourth-order valence-corrected chi connectivity index (χ4v) is 6.71. The van der Waals surface area contributed by atoms with Crippen molar-refractivity contribution in [3.8, 4) is 0 Å². The zero-order valence-corrected chi connectivity index (χ0v) is 20.3. The summed E-state index contributed by atoms with van der Waals surface area (Å²) in [4.78, 5) is 0. The van der Waals surface area contributed by atoms with Crippen LogP contribution in [0.4, 0.5) is 0 Å². The zero-order valence-electron chi connectivity index (χ0n) is 20.3. The van der Waals surface area contributed by atoms with E-state index in [9.17, 15) is 0 Å². The van der Waals surface area contributed by atoms with Crippen LogP contribution in [0.1, 0.15) is 106 Å². The van der Waals surface area contributed by atoms with Crippen molar-refractivity contribution in [3.63, 3.8) is 0 Å². The molecule has 2 N–H and O–H groups in total. The van der Waals surface area contributed by atoms with Crippen LogP contribution < -0.4 is 5.73 Å². The van der Waals surface area contributed by atoms with Crippen LogP contribution >= 0.6 is 0 Å². The molecule has 0 spiro atoms. The molecule has 0 aromatic heterocycles. The first-order valence-electron chi connectivity index (χ1n) is 12.5. The molecule has 0 saturated heterocycles. The molecule has 0 heterocycles. The van der Waals surface area contributed by atoms with Gasteiger partial charge in [0.25, 0.3) is 0 Å². The molecule has 0 radical (unpaired) electrons. The highest BCUT2D eigenvalue weighted by Gasteiger charge is 2.41. The Hall–Kier alpha value is -0.300. The fraction of sp³-hybridized carbons (Fsp3) is 0.926. The van der Waals surface area contributed by atoms with Crippen molar-refractivity contribution in [3.05, 3.63) is 12.2 Å². The Labute approximate surface area is 177 Å². The molecular formula is C27H51N. The first-order valence-corrected chi connectivity index (χ1v) is 12.5. The molecule has 0 aromatic carbocycles. The maximum atomic E-state index is 6.37. The standard InChI is InChI=1S/C27H51N/c1-9-27(8,18-28)25(21(4)23-14-10-12-19(23)2)16-17-26(6,7)22(5)24-15-11-13-20(24)3/h19-20,22-25H,4,9-18,28H2,1-3,5-8H3. The Balaban J connectivity index is 2.14. The van der Waals surface area contributed by atoms with Crippen LogP contribution in [0.5, 0.6) is 0 Å². The molecule has 0 aliphatic heterocycles. The molecule has 0 aromatic rings. The van der Waals surface area contributed by atoms with E-state index in [0.29, 0.717) is 11.3 Å². The molecule has 7 atom stereocenters. The number of rotatable bonds is 10. The first-order chi connectivity index (χ1) is 13.1. The fourth-order valence-electron chi connectivity index (χ4n) is 6.71. The molecule has 1 heteroatoms. The zero-order chi connectivity index (χ0) is 21.1. The van der Waals surface area contributed by atoms with Crippen LogP contribution in [0.25, 0.3) is 0 Å². The highest BCUT2D eigenvalue weighted by molar-refractivity contribution is 5.13. The van der Waals surface area contributed by atoms with Gasteiger partial charge in [-0.05, 0) is 85.0 Å². The minimum atomic E-state index is 0.194. The molecule has 2 aliphatic rings. The Morgan fingerprint density at radius 1 is 1.04 bits per heavy atom. The van der Waals surface area contributed by atoms with Crippen LogP contribution in [0.3, 0.4) is 0 Å². The van der Waals surface area contributed by atoms with Crippen LogP contribution in [0.15, 0.2) is 12.2 Å². The molecule has 2 rings (SSSR count). The van der Waals surface area contributed by atoms with E-state index in [-0.39, 0.29) is 5.41 Å². The minimum absolute atomic E-state index is 0.194. The number of hydrogen-bond acceptors (Lipinski definition) is 1. The Morgan fingerprint density at radius 3 is 2.11 bits per heavy atom. The predicted molar refractivity (Wildman–Crippen MR) is 125 cm³/mol. The third-order valence-corrected chi connectivity index (χ3v) is 9.78. The van der Waals surface area contributed by atoms with E-state index in [1.54, 1.807) is 0 Å². The summed E-state index contributed by atoms with van der Waals surface area (Å²) in [5.74, 6) is 4.72. The van der Waals surface area contributed by atoms with Crippen molar-refractivity contribution >= 4 is 0 Å². The van der Waals surface area contributed by atoms with Gasteiger partial charge in [-0.15, -0.1) is 0 Å². The van der Waals surface area contributed by atoms with Crippen molar-refractivity contribution < 1.29 is 0 Å². The van der Waals surface area contributed by atoms with E-state index < -0.39 is 0 Å². The van der Waals surface area contributed by atoms with Gasteiger partial charge in [-0.1, -0.05) is 86.3 Å². The van der Waals surface area contributed by atoms with Crippen molar-refractivity contribution in [2.24, 2.45) is 52.1 Å². The van der Waals surface area contributed by atoms with Gasteiger partial charge in [0.1, 0.15) is 0 Å². The van der Waals surface area contributed by atoms with Gasteiger partial charge in [-0.3, -0.25) is 0 Å². The lowest BCUT2D eigenvalue weighted by Crippen LogP contribution is -2.39. The Bertz CT molecular complexity index is 500. The summed E-state index contributed by atoms with van der Waals surface area (Å²) in [5, 5.41) is 0. The second-order valence-electron chi connectivity index (χ2n) is 11.7. The highest BCUT2D eigenvalue weighted by atomic mass is 14.6. The SMILES string of the molecule is C=C(C1CCCC1C)C(CCC(C)(C)C(C)C1CCCC1C)C(C)(CC)CN. The lowest BCUT2D eigenvalue weighted by Gasteiger charge is -2.44. The summed E-state index contributed by atoms with van der Waals surface area (Å²) in [6.45, 7) is 22.8. The van der Waals surface area contributed by atoms with Crippen LogP contribution in [-0.2, 0) is 0 Å². The molecule has 2 aliphatic carbocycles. The highest BCUT2D eigenvalue weighted by Crippen LogP contribution is 2.50. The van der Waals surface area contributed by atoms with Gasteiger partial charge < -0.3 is 5.73 Å². The Morgan fingerprint density at radius 2 is 1.64 bits per heavy atom. The summed E-state index contributed by atoms with van der Waals surface area (Å²) in [6, 6.07) is 0. The molecule has 164 valence electrons. The summed E-state index contributed by atoms with van der Waals surface area (Å²) in [6.07, 6.45) is 12.1. The minimum Gasteiger partial charge on any atom is -0.330 e. The monoisotopic (exact) mass is 389 g/mol. The molecule has 0 amide bonds. The van der Waals surface area contributed by atoms with Gasteiger partial charge in [-0.25, -0.2) is 0 Å². The maximum Gasteiger partial charge on any atom is -0.00175 e. The average Bonchev–Trinajstić information content (AvgIpc) is 3.28. The van der Waals surface area contributed by atoms with Crippen molar-refractivity contribution in [2.75, 3.05) is 6.54 Å². The molecule has 2 fully saturated rings. The van der Waals surface area contributed by atoms with E-state index in [1.807, 2.05) is 0 Å². The van der Waals surface area contributed by atoms with Crippen molar-refractivity contribution in [1.29, 1.82) is 0 Å². The molecule has 1 nitrogen and oxygen atoms in total. The van der Waals surface area contributed by atoms with E-state index >= 15 is 0 Å². The van der Waals surface area contributed by atoms with Crippen molar-refractivity contribution in [1.82, 2.24) is 0 Å². The van der Waals surface area contributed by atoms with Gasteiger partial charge >= 0.3 is 0 Å². The van der Waals surface area contributed by atoms with Gasteiger partial charge in [0.05, 0.1) is 0 Å². The second kappa shape index (κ2) is 9.67. The molecular weight excluding hydrogens is 338 g/mol. The quantitative estimate of drug-likeness (QED) is 0.378. The summed E-state index contributed by atoms with van der Waals surface area (Å²) < 4.78 is 0. The first kappa shape index (κ1) is 24.0. The Kier molecular flexibility index (Phi) is 8.28. The van der Waals surface area contributed by atoms with Crippen LogP contribution in [-0.4, -0.2) is 6.54 Å². The van der Waals surface area contributed by atoms with Crippen LogP contribution in [0, 0.1) is 46.3 Å². The van der Waals surface area contributed by atoms with Gasteiger partial charge in [0.2, 0.25) is 0 Å². The molecule has 2 saturated carbocycles. The lowest BCUT2D eigenvalue weighted by molar-refractivity contribution is 0.0971. The summed E-state index contributed by atoms with van der Waals surface area (Å²) >= 11 is 0. The molecule has 7 unspecified atom stereocenters. The normalized spacial score (nSPS) is 32.9. The maximum absolute atomic E-state index is 6.37. The lowest BCUT2D eigenvalue weighted by atomic mass is 9.62. The molecule has 28 heavy (non-hydrogen) atoms. The molecule has 0 bridgehead atoms. The van der Waals surface area contributed by atoms with Gasteiger partial charge in [0, 0.05) is 0 Å². The van der Waals surface area contributed by atoms with Crippen LogP contribution in [0.2, 0.25) is 0 Å². The van der Waals surface area contributed by atoms with Gasteiger partial charge in [0.15, 0.2) is 0 Å². The largest absolute Gasteiger partial charge is 0.330 e. The third-order valence-electron chi connectivity index (χ3n) is 9.78. The smallest absolute Gasteiger partial charge is 0.00175 e. The summed E-state index contributed by atoms with van der Waals surface area (Å²) in [5.41, 5.74) is 8.49. The number of nitrogens with two attached hydrogens (primary N) is 1. The predicted octanol–water partition coefficient (Wildman–Crippen LogP) is 7.85. The second-order valence-corrected chi connectivity index (χ2v) is 11.7. The number of allylic oxidation sites excluding steroid dienone is 1. The topological polar surface area (TPSA) is 26.0 Å². The van der Waals surface area contributed by atoms with Crippen molar-refractivity contribution in [2.45, 2.75) is 106 Å². The van der Waals surface area contributed by atoms with E-state index in [4.69, 9.17) is 12.3 Å². The third kappa shape index (κ3) is 5.05. The summed E-state index contributed by atoms with van der Waals surface area (Å²) in [7, 11) is 0. The number of hydrogen-bond donors (Lipinski definition) is 1. The van der Waals surface area contributed by atoms with E-state index in [0.717, 1.165) is 42.6 Å².